The molecular weight excluding hydrogens is 265 g/mol. The van der Waals surface area contributed by atoms with Gasteiger partial charge in [-0.1, -0.05) is 5.16 Å². The van der Waals surface area contributed by atoms with Gasteiger partial charge in [-0.25, -0.2) is 4.39 Å². The quantitative estimate of drug-likeness (QED) is 0.871. The molecule has 0 radical (unpaired) electrons. The molecule has 2 aromatic rings. The van der Waals surface area contributed by atoms with E-state index in [1.807, 2.05) is 0 Å². The van der Waals surface area contributed by atoms with Crippen molar-refractivity contribution in [3.63, 3.8) is 0 Å². The number of aromatic nitrogens is 2. The average Bonchev–Trinajstić information content (AvgIpc) is 2.95. The number of nitrogens with zero attached hydrogens (tertiary/aromatic N) is 2. The predicted octanol–water partition coefficient (Wildman–Crippen LogP) is 1.92. The highest BCUT2D eigenvalue weighted by Crippen LogP contribution is 2.25. The van der Waals surface area contributed by atoms with Gasteiger partial charge in [-0.3, -0.25) is 0 Å². The number of hydrogen-bond acceptors (Lipinski definition) is 6. The maximum absolute atomic E-state index is 13.3. The molecular formula is C13H16FN3O3. The van der Waals surface area contributed by atoms with Gasteiger partial charge in [-0.05, 0) is 24.6 Å². The van der Waals surface area contributed by atoms with E-state index in [2.05, 4.69) is 10.1 Å². The molecule has 0 aliphatic rings. The van der Waals surface area contributed by atoms with Gasteiger partial charge in [0.2, 0.25) is 11.7 Å². The standard InChI is InChI=1S/C13H16FN3O3/c1-18-6-5-10(15)13-16-12(17-20-13)8-3-4-9(14)11(7-8)19-2/h3-4,7,10H,5-6,15H2,1-2H3. The van der Waals surface area contributed by atoms with Gasteiger partial charge < -0.3 is 19.7 Å². The highest BCUT2D eigenvalue weighted by molar-refractivity contribution is 5.57. The van der Waals surface area contributed by atoms with E-state index in [4.69, 9.17) is 19.7 Å². The zero-order chi connectivity index (χ0) is 14.5. The Hall–Kier alpha value is -1.99. The summed E-state index contributed by atoms with van der Waals surface area (Å²) < 4.78 is 28.3. The van der Waals surface area contributed by atoms with Crippen LogP contribution in [0.2, 0.25) is 0 Å². The van der Waals surface area contributed by atoms with E-state index >= 15 is 0 Å². The van der Waals surface area contributed by atoms with Crippen LogP contribution in [-0.2, 0) is 4.74 Å². The molecule has 0 saturated heterocycles. The van der Waals surface area contributed by atoms with Gasteiger partial charge in [-0.15, -0.1) is 0 Å². The molecule has 0 fully saturated rings. The van der Waals surface area contributed by atoms with Crippen molar-refractivity contribution in [2.24, 2.45) is 5.73 Å². The summed E-state index contributed by atoms with van der Waals surface area (Å²) in [6.45, 7) is 0.503. The van der Waals surface area contributed by atoms with Crippen LogP contribution in [0, 0.1) is 5.82 Å². The van der Waals surface area contributed by atoms with Crippen molar-refractivity contribution in [3.8, 4) is 17.1 Å². The zero-order valence-electron chi connectivity index (χ0n) is 11.3. The lowest BCUT2D eigenvalue weighted by Crippen LogP contribution is -2.12. The van der Waals surface area contributed by atoms with Gasteiger partial charge in [0.15, 0.2) is 11.6 Å². The number of rotatable bonds is 6. The largest absolute Gasteiger partial charge is 0.494 e. The molecule has 0 spiro atoms. The monoisotopic (exact) mass is 281 g/mol. The van der Waals surface area contributed by atoms with Gasteiger partial charge >= 0.3 is 0 Å². The molecule has 1 atom stereocenters. The van der Waals surface area contributed by atoms with E-state index in [1.165, 1.54) is 19.2 Å². The first-order valence-corrected chi connectivity index (χ1v) is 6.07. The van der Waals surface area contributed by atoms with Crippen LogP contribution in [0.25, 0.3) is 11.4 Å². The first kappa shape index (κ1) is 14.4. The van der Waals surface area contributed by atoms with E-state index in [0.717, 1.165) is 0 Å². The minimum Gasteiger partial charge on any atom is -0.494 e. The summed E-state index contributed by atoms with van der Waals surface area (Å²) in [5.74, 6) is 0.334. The van der Waals surface area contributed by atoms with Crippen molar-refractivity contribution >= 4 is 0 Å². The highest BCUT2D eigenvalue weighted by atomic mass is 19.1. The summed E-state index contributed by atoms with van der Waals surface area (Å²) in [5, 5.41) is 3.84. The summed E-state index contributed by atoms with van der Waals surface area (Å²) in [7, 11) is 2.99. The molecule has 108 valence electrons. The number of ether oxygens (including phenoxy) is 2. The molecule has 7 heteroatoms. The second-order valence-electron chi connectivity index (χ2n) is 4.19. The van der Waals surface area contributed by atoms with Gasteiger partial charge in [0, 0.05) is 19.3 Å². The van der Waals surface area contributed by atoms with Crippen molar-refractivity contribution in [2.45, 2.75) is 12.5 Å². The fourth-order valence-corrected chi connectivity index (χ4v) is 1.67. The minimum absolute atomic E-state index is 0.123. The second kappa shape index (κ2) is 6.44. The topological polar surface area (TPSA) is 83.4 Å². The van der Waals surface area contributed by atoms with Gasteiger partial charge in [-0.2, -0.15) is 4.98 Å². The molecule has 0 bridgehead atoms. The lowest BCUT2D eigenvalue weighted by atomic mass is 10.2. The Balaban J connectivity index is 2.20. The summed E-state index contributed by atoms with van der Waals surface area (Å²) >= 11 is 0. The number of hydrogen-bond donors (Lipinski definition) is 1. The van der Waals surface area contributed by atoms with Crippen LogP contribution in [0.3, 0.4) is 0 Å². The van der Waals surface area contributed by atoms with E-state index < -0.39 is 11.9 Å². The molecule has 6 nitrogen and oxygen atoms in total. The molecule has 1 aromatic carbocycles. The SMILES string of the molecule is COCCC(N)c1nc(-c2ccc(F)c(OC)c2)no1. The normalized spacial score (nSPS) is 12.4. The Labute approximate surface area is 115 Å². The van der Waals surface area contributed by atoms with Crippen LogP contribution < -0.4 is 10.5 Å². The number of halogens is 1. The van der Waals surface area contributed by atoms with Gasteiger partial charge in [0.25, 0.3) is 0 Å². The Bertz CT molecular complexity index is 574. The van der Waals surface area contributed by atoms with Crippen LogP contribution in [0.4, 0.5) is 4.39 Å². The van der Waals surface area contributed by atoms with Crippen molar-refractivity contribution < 1.29 is 18.4 Å². The molecule has 0 aliphatic heterocycles. The Kier molecular flexibility index (Phi) is 4.65. The Morgan fingerprint density at radius 1 is 1.40 bits per heavy atom. The summed E-state index contributed by atoms with van der Waals surface area (Å²) in [5.41, 5.74) is 6.49. The third-order valence-electron chi connectivity index (χ3n) is 2.80. The molecule has 0 aliphatic carbocycles. The number of nitrogens with two attached hydrogens (primary N) is 1. The molecule has 20 heavy (non-hydrogen) atoms. The first-order chi connectivity index (χ1) is 9.65. The third-order valence-corrected chi connectivity index (χ3v) is 2.80. The zero-order valence-corrected chi connectivity index (χ0v) is 11.3. The fraction of sp³-hybridized carbons (Fsp3) is 0.385. The van der Waals surface area contributed by atoms with E-state index in [1.54, 1.807) is 13.2 Å². The van der Waals surface area contributed by atoms with Crippen molar-refractivity contribution in [2.75, 3.05) is 20.8 Å². The molecule has 0 amide bonds. The van der Waals surface area contributed by atoms with Crippen molar-refractivity contribution in [1.29, 1.82) is 0 Å². The minimum atomic E-state index is -0.447. The summed E-state index contributed by atoms with van der Waals surface area (Å²) in [6.07, 6.45) is 0.574. The molecule has 1 aromatic heterocycles. The van der Waals surface area contributed by atoms with E-state index in [0.29, 0.717) is 30.3 Å². The van der Waals surface area contributed by atoms with Crippen molar-refractivity contribution in [3.05, 3.63) is 29.9 Å². The van der Waals surface area contributed by atoms with Crippen LogP contribution in [0.15, 0.2) is 22.7 Å². The summed E-state index contributed by atoms with van der Waals surface area (Å²) in [4.78, 5) is 4.20. The summed E-state index contributed by atoms with van der Waals surface area (Å²) in [6, 6.07) is 3.95. The fourth-order valence-electron chi connectivity index (χ4n) is 1.67. The van der Waals surface area contributed by atoms with Gasteiger partial charge in [0.1, 0.15) is 0 Å². The predicted molar refractivity (Wildman–Crippen MR) is 69.7 cm³/mol. The lowest BCUT2D eigenvalue weighted by Gasteiger charge is -2.04. The molecule has 0 saturated carbocycles. The molecule has 1 unspecified atom stereocenters. The lowest BCUT2D eigenvalue weighted by molar-refractivity contribution is 0.182. The van der Waals surface area contributed by atoms with Crippen LogP contribution in [-0.4, -0.2) is 31.0 Å². The van der Waals surface area contributed by atoms with Crippen LogP contribution >= 0.6 is 0 Å². The average molecular weight is 281 g/mol. The molecule has 2 N–H and O–H groups in total. The Morgan fingerprint density at radius 2 is 2.20 bits per heavy atom. The maximum Gasteiger partial charge on any atom is 0.243 e. The maximum atomic E-state index is 13.3. The Morgan fingerprint density at radius 3 is 2.90 bits per heavy atom. The molecule has 2 rings (SSSR count). The van der Waals surface area contributed by atoms with Crippen molar-refractivity contribution in [1.82, 2.24) is 10.1 Å². The smallest absolute Gasteiger partial charge is 0.243 e. The first-order valence-electron chi connectivity index (χ1n) is 6.07. The van der Waals surface area contributed by atoms with Crippen LogP contribution in [0.5, 0.6) is 5.75 Å². The van der Waals surface area contributed by atoms with E-state index in [9.17, 15) is 4.39 Å². The number of benzene rings is 1. The highest BCUT2D eigenvalue weighted by Gasteiger charge is 2.16. The second-order valence-corrected chi connectivity index (χ2v) is 4.19. The third kappa shape index (κ3) is 3.12. The van der Waals surface area contributed by atoms with E-state index in [-0.39, 0.29) is 5.75 Å². The number of methoxy groups -OCH3 is 2. The molecule has 1 heterocycles. The van der Waals surface area contributed by atoms with Crippen LogP contribution in [0.1, 0.15) is 18.4 Å². The van der Waals surface area contributed by atoms with Gasteiger partial charge in [0.05, 0.1) is 13.2 Å².